The number of hydrogen-bond acceptors (Lipinski definition) is 4. The van der Waals surface area contributed by atoms with Crippen LogP contribution < -0.4 is 4.74 Å². The Hall–Kier alpha value is -1.65. The SMILES string of the molecule is COc1ccc(CN(C)CC(=O)c2cccs2)cc1. The third kappa shape index (κ3) is 3.91. The predicted octanol–water partition coefficient (Wildman–Crippen LogP) is 3.07. The van der Waals surface area contributed by atoms with Crippen molar-refractivity contribution in [3.63, 3.8) is 0 Å². The molecule has 0 atom stereocenters. The zero-order chi connectivity index (χ0) is 13.7. The Morgan fingerprint density at radius 3 is 2.58 bits per heavy atom. The molecule has 0 saturated heterocycles. The number of ketones is 1. The van der Waals surface area contributed by atoms with E-state index in [1.54, 1.807) is 7.11 Å². The Balaban J connectivity index is 1.90. The molecule has 3 nitrogen and oxygen atoms in total. The highest BCUT2D eigenvalue weighted by molar-refractivity contribution is 7.12. The molecule has 0 amide bonds. The number of Topliss-reactive ketones (excluding diaryl/α,β-unsaturated/α-hetero) is 1. The first-order chi connectivity index (χ1) is 9.19. The van der Waals surface area contributed by atoms with Crippen LogP contribution >= 0.6 is 11.3 Å². The minimum absolute atomic E-state index is 0.172. The number of methoxy groups -OCH3 is 1. The summed E-state index contributed by atoms with van der Waals surface area (Å²) >= 11 is 1.49. The first kappa shape index (κ1) is 13.8. The quantitative estimate of drug-likeness (QED) is 0.759. The van der Waals surface area contributed by atoms with Crippen LogP contribution in [0, 0.1) is 0 Å². The van der Waals surface area contributed by atoms with Gasteiger partial charge in [-0.1, -0.05) is 18.2 Å². The Bertz CT molecular complexity index is 520. The van der Waals surface area contributed by atoms with Crippen LogP contribution in [-0.2, 0) is 6.54 Å². The summed E-state index contributed by atoms with van der Waals surface area (Å²) in [5.74, 6) is 1.02. The first-order valence-electron chi connectivity index (χ1n) is 6.07. The number of likely N-dealkylation sites (N-methyl/N-ethyl adjacent to an activating group) is 1. The van der Waals surface area contributed by atoms with E-state index in [2.05, 4.69) is 0 Å². The molecular formula is C15H17NO2S. The highest BCUT2D eigenvalue weighted by Gasteiger charge is 2.10. The fraction of sp³-hybridized carbons (Fsp3) is 0.267. The maximum Gasteiger partial charge on any atom is 0.186 e. The topological polar surface area (TPSA) is 29.5 Å². The highest BCUT2D eigenvalue weighted by Crippen LogP contribution is 2.14. The summed E-state index contributed by atoms with van der Waals surface area (Å²) in [5, 5.41) is 1.93. The van der Waals surface area contributed by atoms with Crippen LogP contribution in [0.5, 0.6) is 5.75 Å². The number of carbonyl (C=O) groups is 1. The number of nitrogens with zero attached hydrogens (tertiary/aromatic N) is 1. The molecule has 2 rings (SSSR count). The van der Waals surface area contributed by atoms with E-state index >= 15 is 0 Å². The number of ether oxygens (including phenoxy) is 1. The molecule has 0 fully saturated rings. The maximum absolute atomic E-state index is 12.0. The fourth-order valence-corrected chi connectivity index (χ4v) is 2.52. The van der Waals surface area contributed by atoms with E-state index in [4.69, 9.17) is 4.74 Å². The van der Waals surface area contributed by atoms with Crippen molar-refractivity contribution in [1.29, 1.82) is 0 Å². The molecule has 19 heavy (non-hydrogen) atoms. The van der Waals surface area contributed by atoms with E-state index in [0.717, 1.165) is 17.2 Å². The van der Waals surface area contributed by atoms with Gasteiger partial charge in [-0.05, 0) is 36.2 Å². The third-order valence-corrected chi connectivity index (χ3v) is 3.73. The van der Waals surface area contributed by atoms with Crippen molar-refractivity contribution in [2.75, 3.05) is 20.7 Å². The molecule has 0 N–H and O–H groups in total. The van der Waals surface area contributed by atoms with Crippen LogP contribution in [0.2, 0.25) is 0 Å². The number of benzene rings is 1. The normalized spacial score (nSPS) is 10.7. The summed E-state index contributed by atoms with van der Waals surface area (Å²) < 4.78 is 5.12. The molecular weight excluding hydrogens is 258 g/mol. The van der Waals surface area contributed by atoms with E-state index in [0.29, 0.717) is 6.54 Å². The minimum Gasteiger partial charge on any atom is -0.497 e. The van der Waals surface area contributed by atoms with Crippen LogP contribution in [-0.4, -0.2) is 31.4 Å². The Kier molecular flexibility index (Phi) is 4.71. The number of thiophene rings is 1. The lowest BCUT2D eigenvalue weighted by molar-refractivity contribution is 0.0947. The van der Waals surface area contributed by atoms with Gasteiger partial charge < -0.3 is 4.74 Å². The van der Waals surface area contributed by atoms with Gasteiger partial charge >= 0.3 is 0 Å². The van der Waals surface area contributed by atoms with E-state index in [-0.39, 0.29) is 5.78 Å². The van der Waals surface area contributed by atoms with Gasteiger partial charge in [-0.15, -0.1) is 11.3 Å². The smallest absolute Gasteiger partial charge is 0.186 e. The number of rotatable bonds is 6. The molecule has 0 saturated carbocycles. The molecule has 4 heteroatoms. The maximum atomic E-state index is 12.0. The summed E-state index contributed by atoms with van der Waals surface area (Å²) in [5.41, 5.74) is 1.17. The van der Waals surface area contributed by atoms with E-state index < -0.39 is 0 Å². The van der Waals surface area contributed by atoms with E-state index in [9.17, 15) is 4.79 Å². The first-order valence-corrected chi connectivity index (χ1v) is 6.95. The second kappa shape index (κ2) is 6.50. The fourth-order valence-electron chi connectivity index (χ4n) is 1.86. The van der Waals surface area contributed by atoms with Gasteiger partial charge in [0.1, 0.15) is 5.75 Å². The molecule has 0 spiro atoms. The lowest BCUT2D eigenvalue weighted by Crippen LogP contribution is -2.25. The van der Waals surface area contributed by atoms with Crippen molar-refractivity contribution >= 4 is 17.1 Å². The molecule has 2 aromatic rings. The zero-order valence-electron chi connectivity index (χ0n) is 11.1. The van der Waals surface area contributed by atoms with Crippen molar-refractivity contribution in [3.05, 3.63) is 52.2 Å². The second-order valence-electron chi connectivity index (χ2n) is 4.42. The second-order valence-corrected chi connectivity index (χ2v) is 5.37. The average molecular weight is 275 g/mol. The lowest BCUT2D eigenvalue weighted by atomic mass is 10.2. The van der Waals surface area contributed by atoms with Crippen LogP contribution in [0.1, 0.15) is 15.2 Å². The van der Waals surface area contributed by atoms with E-state index in [1.165, 1.54) is 16.9 Å². The lowest BCUT2D eigenvalue weighted by Gasteiger charge is -2.15. The summed E-state index contributed by atoms with van der Waals surface area (Å²) in [6, 6.07) is 11.7. The van der Waals surface area contributed by atoms with Gasteiger partial charge in [0.25, 0.3) is 0 Å². The summed E-state index contributed by atoms with van der Waals surface area (Å²) in [4.78, 5) is 14.8. The van der Waals surface area contributed by atoms with Gasteiger partial charge in [-0.3, -0.25) is 9.69 Å². The largest absolute Gasteiger partial charge is 0.497 e. The molecule has 0 unspecified atom stereocenters. The predicted molar refractivity (Wildman–Crippen MR) is 78.0 cm³/mol. The van der Waals surface area contributed by atoms with Gasteiger partial charge in [0.05, 0.1) is 18.5 Å². The van der Waals surface area contributed by atoms with Crippen molar-refractivity contribution in [1.82, 2.24) is 4.90 Å². The summed E-state index contributed by atoms with van der Waals surface area (Å²) in [6.07, 6.45) is 0. The van der Waals surface area contributed by atoms with Gasteiger partial charge in [-0.25, -0.2) is 0 Å². The number of hydrogen-bond donors (Lipinski definition) is 0. The van der Waals surface area contributed by atoms with Crippen molar-refractivity contribution in [3.8, 4) is 5.75 Å². The molecule has 0 aliphatic heterocycles. The Morgan fingerprint density at radius 2 is 2.00 bits per heavy atom. The molecule has 1 aromatic carbocycles. The standard InChI is InChI=1S/C15H17NO2S/c1-16(11-14(17)15-4-3-9-19-15)10-12-5-7-13(18-2)8-6-12/h3-9H,10-11H2,1-2H3. The highest BCUT2D eigenvalue weighted by atomic mass is 32.1. The Morgan fingerprint density at radius 1 is 1.26 bits per heavy atom. The molecule has 0 radical (unpaired) electrons. The molecule has 0 aliphatic rings. The van der Waals surface area contributed by atoms with Crippen LogP contribution in [0.3, 0.4) is 0 Å². The average Bonchev–Trinajstić information content (AvgIpc) is 2.93. The Labute approximate surface area is 117 Å². The third-order valence-electron chi connectivity index (χ3n) is 2.82. The zero-order valence-corrected chi connectivity index (χ0v) is 11.9. The molecule has 0 aliphatic carbocycles. The molecule has 1 heterocycles. The van der Waals surface area contributed by atoms with Crippen molar-refractivity contribution < 1.29 is 9.53 Å². The van der Waals surface area contributed by atoms with E-state index in [1.807, 2.05) is 53.7 Å². The molecule has 1 aromatic heterocycles. The van der Waals surface area contributed by atoms with Gasteiger partial charge in [-0.2, -0.15) is 0 Å². The van der Waals surface area contributed by atoms with Gasteiger partial charge in [0, 0.05) is 6.54 Å². The van der Waals surface area contributed by atoms with Gasteiger partial charge in [0.15, 0.2) is 5.78 Å². The number of carbonyl (C=O) groups excluding carboxylic acids is 1. The van der Waals surface area contributed by atoms with Crippen LogP contribution in [0.4, 0.5) is 0 Å². The van der Waals surface area contributed by atoms with Gasteiger partial charge in [0.2, 0.25) is 0 Å². The molecule has 0 bridgehead atoms. The van der Waals surface area contributed by atoms with Crippen molar-refractivity contribution in [2.45, 2.75) is 6.54 Å². The van der Waals surface area contributed by atoms with Crippen molar-refractivity contribution in [2.24, 2.45) is 0 Å². The minimum atomic E-state index is 0.172. The molecule has 100 valence electrons. The summed E-state index contributed by atoms with van der Waals surface area (Å²) in [7, 11) is 3.61. The van der Waals surface area contributed by atoms with Crippen LogP contribution in [0.25, 0.3) is 0 Å². The summed E-state index contributed by atoms with van der Waals surface area (Å²) in [6.45, 7) is 1.19. The monoisotopic (exact) mass is 275 g/mol. The van der Waals surface area contributed by atoms with Crippen LogP contribution in [0.15, 0.2) is 41.8 Å².